The Bertz CT molecular complexity index is 562. The Hall–Kier alpha value is -1.68. The number of aliphatic hydroxyl groups is 1. The van der Waals surface area contributed by atoms with Gasteiger partial charge in [0.15, 0.2) is 5.82 Å². The van der Waals surface area contributed by atoms with Gasteiger partial charge in [0, 0.05) is 6.42 Å². The maximum Gasteiger partial charge on any atom is 0.232 e. The minimum atomic E-state index is -0.337. The van der Waals surface area contributed by atoms with Gasteiger partial charge in [0.2, 0.25) is 5.89 Å². The summed E-state index contributed by atoms with van der Waals surface area (Å²) in [6.45, 7) is 2.07. The Balaban J connectivity index is 1.71. The van der Waals surface area contributed by atoms with E-state index in [2.05, 4.69) is 41.3 Å². The van der Waals surface area contributed by atoms with Crippen LogP contribution < -0.4 is 0 Å². The summed E-state index contributed by atoms with van der Waals surface area (Å²) in [7, 11) is 0. The molecule has 0 spiro atoms. The molecule has 0 aliphatic heterocycles. The zero-order valence-electron chi connectivity index (χ0n) is 11.7. The van der Waals surface area contributed by atoms with Crippen molar-refractivity contribution in [3.05, 3.63) is 47.1 Å². The molecule has 1 aliphatic rings. The molecule has 20 heavy (non-hydrogen) atoms. The lowest BCUT2D eigenvalue weighted by molar-refractivity contribution is 0.0908. The van der Waals surface area contributed by atoms with Crippen molar-refractivity contribution in [3.63, 3.8) is 0 Å². The first-order chi connectivity index (χ1) is 9.72. The average Bonchev–Trinajstić information content (AvgIpc) is 2.90. The van der Waals surface area contributed by atoms with Gasteiger partial charge in [-0.1, -0.05) is 47.8 Å². The third-order valence-corrected chi connectivity index (χ3v) is 4.01. The van der Waals surface area contributed by atoms with Gasteiger partial charge in [0.25, 0.3) is 0 Å². The highest BCUT2D eigenvalue weighted by Crippen LogP contribution is 2.32. The number of hydrogen-bond donors (Lipinski definition) is 1. The van der Waals surface area contributed by atoms with Crippen LogP contribution in [0.2, 0.25) is 0 Å². The van der Waals surface area contributed by atoms with Crippen molar-refractivity contribution in [3.8, 4) is 0 Å². The van der Waals surface area contributed by atoms with Crippen molar-refractivity contribution in [1.29, 1.82) is 0 Å². The van der Waals surface area contributed by atoms with Crippen molar-refractivity contribution < 1.29 is 9.63 Å². The summed E-state index contributed by atoms with van der Waals surface area (Å²) in [4.78, 5) is 4.46. The molecular weight excluding hydrogens is 252 g/mol. The molecule has 1 N–H and O–H groups in total. The standard InChI is InChI=1S/C16H20N2O2/c1-11-6-8-12(9-7-11)10-15-17-16(20-18-15)13-4-2-3-5-14(13)19/h6-9,13-14,19H,2-5,10H2,1H3. The average molecular weight is 272 g/mol. The van der Waals surface area contributed by atoms with Crippen LogP contribution in [-0.4, -0.2) is 21.4 Å². The molecule has 2 unspecified atom stereocenters. The molecule has 1 heterocycles. The molecule has 4 nitrogen and oxygen atoms in total. The van der Waals surface area contributed by atoms with Crippen LogP contribution in [0.25, 0.3) is 0 Å². The van der Waals surface area contributed by atoms with Crippen LogP contribution in [0.4, 0.5) is 0 Å². The van der Waals surface area contributed by atoms with Crippen LogP contribution >= 0.6 is 0 Å². The number of aryl methyl sites for hydroxylation is 1. The summed E-state index contributed by atoms with van der Waals surface area (Å²) in [5.41, 5.74) is 2.42. The van der Waals surface area contributed by atoms with E-state index in [0.717, 1.165) is 25.7 Å². The predicted octanol–water partition coefficient (Wildman–Crippen LogP) is 2.99. The highest BCUT2D eigenvalue weighted by atomic mass is 16.5. The molecule has 1 aromatic heterocycles. The molecule has 0 radical (unpaired) electrons. The lowest BCUT2D eigenvalue weighted by Gasteiger charge is -2.24. The summed E-state index contributed by atoms with van der Waals surface area (Å²) >= 11 is 0. The Morgan fingerprint density at radius 1 is 1.20 bits per heavy atom. The molecule has 0 amide bonds. The molecule has 1 aromatic carbocycles. The van der Waals surface area contributed by atoms with Gasteiger partial charge in [-0.25, -0.2) is 0 Å². The second-order valence-corrected chi connectivity index (χ2v) is 5.67. The summed E-state index contributed by atoms with van der Waals surface area (Å²) < 4.78 is 5.35. The largest absolute Gasteiger partial charge is 0.392 e. The van der Waals surface area contributed by atoms with E-state index in [1.54, 1.807) is 0 Å². The fraction of sp³-hybridized carbons (Fsp3) is 0.500. The van der Waals surface area contributed by atoms with Gasteiger partial charge in [-0.3, -0.25) is 0 Å². The quantitative estimate of drug-likeness (QED) is 0.933. The Morgan fingerprint density at radius 2 is 1.95 bits per heavy atom. The lowest BCUT2D eigenvalue weighted by atomic mass is 9.86. The number of rotatable bonds is 3. The molecule has 3 rings (SSSR count). The van der Waals surface area contributed by atoms with E-state index < -0.39 is 0 Å². The van der Waals surface area contributed by atoms with Crippen molar-refractivity contribution in [1.82, 2.24) is 10.1 Å². The van der Waals surface area contributed by atoms with E-state index in [9.17, 15) is 5.11 Å². The maximum absolute atomic E-state index is 10.0. The number of aromatic nitrogens is 2. The zero-order valence-corrected chi connectivity index (χ0v) is 11.7. The smallest absolute Gasteiger partial charge is 0.232 e. The van der Waals surface area contributed by atoms with E-state index in [0.29, 0.717) is 18.1 Å². The molecule has 106 valence electrons. The molecule has 1 fully saturated rings. The molecule has 1 aliphatic carbocycles. The first-order valence-electron chi connectivity index (χ1n) is 7.28. The van der Waals surface area contributed by atoms with Gasteiger partial charge in [-0.05, 0) is 25.3 Å². The van der Waals surface area contributed by atoms with Crippen LogP contribution in [0, 0.1) is 6.92 Å². The summed E-state index contributed by atoms with van der Waals surface area (Å²) in [6.07, 6.45) is 4.32. The summed E-state index contributed by atoms with van der Waals surface area (Å²) in [6, 6.07) is 8.34. The molecule has 0 saturated heterocycles. The van der Waals surface area contributed by atoms with Crippen LogP contribution in [-0.2, 0) is 6.42 Å². The van der Waals surface area contributed by atoms with Gasteiger partial charge in [0.05, 0.1) is 12.0 Å². The van der Waals surface area contributed by atoms with Gasteiger partial charge in [0.1, 0.15) is 0 Å². The van der Waals surface area contributed by atoms with Crippen LogP contribution in [0.1, 0.15) is 54.4 Å². The third-order valence-electron chi connectivity index (χ3n) is 4.01. The zero-order chi connectivity index (χ0) is 13.9. The van der Waals surface area contributed by atoms with E-state index >= 15 is 0 Å². The number of nitrogens with zero attached hydrogens (tertiary/aromatic N) is 2. The Morgan fingerprint density at radius 3 is 2.70 bits per heavy atom. The highest BCUT2D eigenvalue weighted by molar-refractivity contribution is 5.23. The lowest BCUT2D eigenvalue weighted by Crippen LogP contribution is -2.22. The predicted molar refractivity (Wildman–Crippen MR) is 75.5 cm³/mol. The van der Waals surface area contributed by atoms with Gasteiger partial charge >= 0.3 is 0 Å². The van der Waals surface area contributed by atoms with E-state index in [4.69, 9.17) is 4.52 Å². The van der Waals surface area contributed by atoms with Crippen molar-refractivity contribution in [2.24, 2.45) is 0 Å². The van der Waals surface area contributed by atoms with E-state index in [1.807, 2.05) is 0 Å². The van der Waals surface area contributed by atoms with Crippen LogP contribution in [0.15, 0.2) is 28.8 Å². The van der Waals surface area contributed by atoms with Crippen molar-refractivity contribution in [2.45, 2.75) is 51.0 Å². The third kappa shape index (κ3) is 2.90. The second kappa shape index (κ2) is 5.75. The summed E-state index contributed by atoms with van der Waals surface area (Å²) in [5, 5.41) is 14.1. The number of hydrogen-bond acceptors (Lipinski definition) is 4. The van der Waals surface area contributed by atoms with Crippen LogP contribution in [0.3, 0.4) is 0 Å². The number of benzene rings is 1. The monoisotopic (exact) mass is 272 g/mol. The molecule has 4 heteroatoms. The Kier molecular flexibility index (Phi) is 3.83. The van der Waals surface area contributed by atoms with Crippen molar-refractivity contribution in [2.75, 3.05) is 0 Å². The fourth-order valence-electron chi connectivity index (χ4n) is 2.78. The normalized spacial score (nSPS) is 22.9. The maximum atomic E-state index is 10.0. The SMILES string of the molecule is Cc1ccc(Cc2noc(C3CCCCC3O)n2)cc1. The number of aliphatic hydroxyl groups excluding tert-OH is 1. The minimum Gasteiger partial charge on any atom is -0.392 e. The topological polar surface area (TPSA) is 59.2 Å². The fourth-order valence-corrected chi connectivity index (χ4v) is 2.78. The molecule has 2 atom stereocenters. The highest BCUT2D eigenvalue weighted by Gasteiger charge is 2.29. The van der Waals surface area contributed by atoms with Gasteiger partial charge in [-0.15, -0.1) is 0 Å². The first kappa shape index (κ1) is 13.3. The van der Waals surface area contributed by atoms with Crippen molar-refractivity contribution >= 4 is 0 Å². The van der Waals surface area contributed by atoms with Gasteiger partial charge < -0.3 is 9.63 Å². The van der Waals surface area contributed by atoms with Gasteiger partial charge in [-0.2, -0.15) is 4.98 Å². The van der Waals surface area contributed by atoms with Crippen LogP contribution in [0.5, 0.6) is 0 Å². The van der Waals surface area contributed by atoms with E-state index in [1.165, 1.54) is 11.1 Å². The second-order valence-electron chi connectivity index (χ2n) is 5.67. The molecular formula is C16H20N2O2. The molecule has 0 bridgehead atoms. The van der Waals surface area contributed by atoms with E-state index in [-0.39, 0.29) is 12.0 Å². The molecule has 2 aromatic rings. The Labute approximate surface area is 118 Å². The molecule has 1 saturated carbocycles. The summed E-state index contributed by atoms with van der Waals surface area (Å²) in [5.74, 6) is 1.31. The minimum absolute atomic E-state index is 0.0167. The first-order valence-corrected chi connectivity index (χ1v) is 7.28.